The Morgan fingerprint density at radius 2 is 1.81 bits per heavy atom. The molecule has 1 saturated heterocycles. The maximum atomic E-state index is 12.7. The summed E-state index contributed by atoms with van der Waals surface area (Å²) in [5.41, 5.74) is -0.949. The van der Waals surface area contributed by atoms with Crippen LogP contribution in [0.25, 0.3) is 0 Å². The van der Waals surface area contributed by atoms with Gasteiger partial charge in [0, 0.05) is 23.8 Å². The van der Waals surface area contributed by atoms with Crippen LogP contribution in [0.4, 0.5) is 0 Å². The summed E-state index contributed by atoms with van der Waals surface area (Å²) in [4.78, 5) is 21.0. The first-order valence-electron chi connectivity index (χ1n) is 9.19. The Labute approximate surface area is 162 Å². The molecule has 4 aliphatic carbocycles. The van der Waals surface area contributed by atoms with Gasteiger partial charge in [0.1, 0.15) is 5.75 Å². The average molecular weight is 417 g/mol. The quantitative estimate of drug-likeness (QED) is 0.336. The van der Waals surface area contributed by atoms with Crippen LogP contribution in [0.15, 0.2) is 30.3 Å². The van der Waals surface area contributed by atoms with E-state index in [1.807, 2.05) is 0 Å². The lowest BCUT2D eigenvalue weighted by Gasteiger charge is -2.68. The third-order valence-electron chi connectivity index (χ3n) is 6.56. The molecular formula is C18H22ClO7P. The molecule has 5 fully saturated rings. The van der Waals surface area contributed by atoms with Crippen LogP contribution in [0, 0.1) is 17.8 Å². The first-order chi connectivity index (χ1) is 12.8. The number of alkyl halides is 1. The first kappa shape index (κ1) is 18.4. The minimum absolute atomic E-state index is 0.0340. The van der Waals surface area contributed by atoms with Crippen molar-refractivity contribution in [3.63, 3.8) is 0 Å². The van der Waals surface area contributed by atoms with Gasteiger partial charge in [-0.15, -0.1) is 11.6 Å². The van der Waals surface area contributed by atoms with Crippen molar-refractivity contribution in [1.29, 1.82) is 0 Å². The van der Waals surface area contributed by atoms with Gasteiger partial charge in [0.2, 0.25) is 0 Å². The van der Waals surface area contributed by atoms with Crippen molar-refractivity contribution in [1.82, 2.24) is 0 Å². The number of hydrogen-bond donors (Lipinski definition) is 1. The van der Waals surface area contributed by atoms with Crippen molar-refractivity contribution >= 4 is 19.4 Å². The van der Waals surface area contributed by atoms with E-state index in [1.165, 1.54) is 7.11 Å². The fourth-order valence-corrected chi connectivity index (χ4v) is 7.38. The number of methoxy groups -OCH3 is 1. The molecule has 1 heterocycles. The highest BCUT2D eigenvalue weighted by Crippen LogP contribution is 2.71. The molecule has 4 saturated carbocycles. The lowest BCUT2D eigenvalue weighted by Crippen LogP contribution is -2.80. The predicted octanol–water partition coefficient (Wildman–Crippen LogP) is 4.00. The zero-order valence-electron chi connectivity index (χ0n) is 14.9. The number of halogens is 1. The Balaban J connectivity index is 1.44. The molecule has 27 heavy (non-hydrogen) atoms. The van der Waals surface area contributed by atoms with Gasteiger partial charge in [-0.1, -0.05) is 18.2 Å². The molecule has 148 valence electrons. The monoisotopic (exact) mass is 416 g/mol. The van der Waals surface area contributed by atoms with Crippen LogP contribution in [0.1, 0.15) is 32.1 Å². The van der Waals surface area contributed by atoms with Gasteiger partial charge in [-0.3, -0.25) is 4.89 Å². The normalized spacial score (nSPS) is 46.9. The molecule has 1 N–H and O–H groups in total. The van der Waals surface area contributed by atoms with Gasteiger partial charge in [-0.25, -0.2) is 14.0 Å². The van der Waals surface area contributed by atoms with Crippen molar-refractivity contribution in [3.05, 3.63) is 30.3 Å². The molecule has 1 aromatic rings. The molecule has 1 spiro atoms. The molecule has 4 bridgehead atoms. The van der Waals surface area contributed by atoms with Crippen LogP contribution in [0.2, 0.25) is 0 Å². The van der Waals surface area contributed by atoms with Gasteiger partial charge in [0.15, 0.2) is 5.60 Å². The van der Waals surface area contributed by atoms with E-state index in [1.54, 1.807) is 30.3 Å². The summed E-state index contributed by atoms with van der Waals surface area (Å²) in [6.07, 6.45) is 4.33. The molecule has 4 unspecified atom stereocenters. The van der Waals surface area contributed by atoms with Crippen LogP contribution in [-0.2, 0) is 23.6 Å². The lowest BCUT2D eigenvalue weighted by atomic mass is 9.48. The Morgan fingerprint density at radius 3 is 2.33 bits per heavy atom. The summed E-state index contributed by atoms with van der Waals surface area (Å²) in [6.45, 7) is 0. The lowest BCUT2D eigenvalue weighted by molar-refractivity contribution is -0.679. The van der Waals surface area contributed by atoms with Crippen molar-refractivity contribution in [2.75, 3.05) is 7.11 Å². The highest BCUT2D eigenvalue weighted by atomic mass is 35.5. The Morgan fingerprint density at radius 1 is 1.15 bits per heavy atom. The van der Waals surface area contributed by atoms with Crippen LogP contribution in [0.5, 0.6) is 5.75 Å². The number of phosphoric ester groups is 1. The minimum Gasteiger partial charge on any atom is -0.404 e. The standard InChI is InChI=1S/C18H22ClO7P/c1-22-18(26-27(20,21)23-15-5-3-2-4-6-15)17(24-25-18)13-7-12-8-14(17)11-16(19,9-12)10-13/h2-6,12-14H,7-11H2,1H3,(H,20,21). The Bertz CT molecular complexity index is 769. The second kappa shape index (κ2) is 5.92. The van der Waals surface area contributed by atoms with Gasteiger partial charge in [0.25, 0.3) is 0 Å². The van der Waals surface area contributed by atoms with Gasteiger partial charge in [-0.05, 0) is 50.2 Å². The van der Waals surface area contributed by atoms with Crippen molar-refractivity contribution in [2.24, 2.45) is 17.8 Å². The number of ether oxygens (including phenoxy) is 1. The van der Waals surface area contributed by atoms with Gasteiger partial charge in [-0.2, -0.15) is 4.89 Å². The number of para-hydroxylation sites is 1. The van der Waals surface area contributed by atoms with E-state index in [2.05, 4.69) is 0 Å². The van der Waals surface area contributed by atoms with Gasteiger partial charge in [0.05, 0.1) is 0 Å². The molecule has 0 amide bonds. The van der Waals surface area contributed by atoms with Crippen LogP contribution < -0.4 is 4.52 Å². The van der Waals surface area contributed by atoms with Crippen LogP contribution >= 0.6 is 19.4 Å². The third-order valence-corrected chi connectivity index (χ3v) is 7.94. The number of rotatable bonds is 5. The molecule has 6 rings (SSSR count). The summed E-state index contributed by atoms with van der Waals surface area (Å²) in [7, 11) is -3.15. The zero-order chi connectivity index (χ0) is 18.9. The van der Waals surface area contributed by atoms with Crippen molar-refractivity contribution in [2.45, 2.75) is 48.6 Å². The van der Waals surface area contributed by atoms with Crippen molar-refractivity contribution < 1.29 is 33.0 Å². The highest BCUT2D eigenvalue weighted by Gasteiger charge is 2.80. The van der Waals surface area contributed by atoms with E-state index < -0.39 is 19.4 Å². The van der Waals surface area contributed by atoms with Crippen molar-refractivity contribution in [3.8, 4) is 5.75 Å². The van der Waals surface area contributed by atoms with E-state index in [0.717, 1.165) is 32.1 Å². The highest BCUT2D eigenvalue weighted by molar-refractivity contribution is 7.47. The van der Waals surface area contributed by atoms with Gasteiger partial charge >= 0.3 is 13.8 Å². The van der Waals surface area contributed by atoms with E-state index in [-0.39, 0.29) is 22.5 Å². The Hall–Kier alpha value is -0.660. The summed E-state index contributed by atoms with van der Waals surface area (Å²) in [6, 6.07) is 8.31. The van der Waals surface area contributed by atoms with Crippen LogP contribution in [-0.4, -0.2) is 28.5 Å². The first-order valence-corrected chi connectivity index (χ1v) is 11.1. The molecule has 5 aliphatic rings. The molecular weight excluding hydrogens is 395 g/mol. The fraction of sp³-hybridized carbons (Fsp3) is 0.667. The molecule has 1 aliphatic heterocycles. The molecule has 0 radical (unpaired) electrons. The minimum atomic E-state index is -4.53. The van der Waals surface area contributed by atoms with Gasteiger partial charge < -0.3 is 9.26 Å². The summed E-state index contributed by atoms with van der Waals surface area (Å²) >= 11 is 6.81. The molecule has 1 aromatic carbocycles. The van der Waals surface area contributed by atoms with E-state index in [9.17, 15) is 9.46 Å². The maximum absolute atomic E-state index is 12.7. The molecule has 4 atom stereocenters. The molecule has 7 nitrogen and oxygen atoms in total. The zero-order valence-corrected chi connectivity index (χ0v) is 16.5. The third kappa shape index (κ3) is 2.64. The summed E-state index contributed by atoms with van der Waals surface area (Å²) in [5, 5.41) is 0. The summed E-state index contributed by atoms with van der Waals surface area (Å²) in [5.74, 6) is -0.972. The number of benzene rings is 1. The maximum Gasteiger partial charge on any atom is 0.532 e. The topological polar surface area (TPSA) is 83.5 Å². The smallest absolute Gasteiger partial charge is 0.404 e. The predicted molar refractivity (Wildman–Crippen MR) is 94.8 cm³/mol. The fourth-order valence-electron chi connectivity index (χ4n) is 5.82. The van der Waals surface area contributed by atoms with E-state index in [0.29, 0.717) is 5.92 Å². The molecule has 9 heteroatoms. The van der Waals surface area contributed by atoms with E-state index >= 15 is 0 Å². The van der Waals surface area contributed by atoms with Crippen LogP contribution in [0.3, 0.4) is 0 Å². The summed E-state index contributed by atoms with van der Waals surface area (Å²) < 4.78 is 28.9. The second-order valence-electron chi connectivity index (χ2n) is 8.18. The SMILES string of the molecule is COC1(OP(=O)(O)Oc2ccccc2)OOC12C1CC3CC2CC(Cl)(C3)C1. The average Bonchev–Trinajstić information content (AvgIpc) is 2.57. The second-order valence-corrected chi connectivity index (χ2v) is 10.3. The largest absolute Gasteiger partial charge is 0.532 e. The van der Waals surface area contributed by atoms with E-state index in [4.69, 9.17) is 35.2 Å². The number of phosphoric acid groups is 1. The Kier molecular flexibility index (Phi) is 4.03. The molecule has 0 aromatic heterocycles. The number of hydrogen-bond acceptors (Lipinski definition) is 6.